The molecule has 20 heavy (non-hydrogen) atoms. The minimum Gasteiger partial charge on any atom is -0.477 e. The Morgan fingerprint density at radius 2 is 1.95 bits per heavy atom. The second kappa shape index (κ2) is 6.89. The number of rotatable bonds is 6. The van der Waals surface area contributed by atoms with Crippen LogP contribution in [0.2, 0.25) is 0 Å². The Morgan fingerprint density at radius 3 is 2.65 bits per heavy atom. The zero-order chi connectivity index (χ0) is 14.4. The molecule has 0 aliphatic rings. The Hall–Kier alpha value is -2.10. The van der Waals surface area contributed by atoms with E-state index in [0.29, 0.717) is 30.0 Å². The topological polar surface area (TPSA) is 61.0 Å². The van der Waals surface area contributed by atoms with Crippen LogP contribution in [0.3, 0.4) is 0 Å². The molecule has 0 aliphatic carbocycles. The second-order valence-electron chi connectivity index (χ2n) is 5.03. The summed E-state index contributed by atoms with van der Waals surface area (Å²) in [5.41, 5.74) is 6.77. The summed E-state index contributed by atoms with van der Waals surface area (Å²) in [5, 5.41) is 0. The summed E-state index contributed by atoms with van der Waals surface area (Å²) < 4.78 is 5.73. The van der Waals surface area contributed by atoms with Gasteiger partial charge in [0, 0.05) is 11.6 Å². The van der Waals surface area contributed by atoms with Crippen molar-refractivity contribution in [3.8, 4) is 17.3 Å². The third-order valence-electron chi connectivity index (χ3n) is 3.05. The van der Waals surface area contributed by atoms with Crippen LogP contribution >= 0.6 is 0 Å². The molecule has 1 unspecified atom stereocenters. The molecule has 2 N–H and O–H groups in total. The monoisotopic (exact) mass is 271 g/mol. The zero-order valence-electron chi connectivity index (χ0n) is 12.0. The van der Waals surface area contributed by atoms with Crippen molar-refractivity contribution in [1.29, 1.82) is 0 Å². The minimum absolute atomic E-state index is 0.428. The van der Waals surface area contributed by atoms with Gasteiger partial charge in [0.05, 0.1) is 6.61 Å². The van der Waals surface area contributed by atoms with Crippen LogP contribution in [0.1, 0.15) is 26.7 Å². The molecule has 2 aromatic rings. The van der Waals surface area contributed by atoms with Gasteiger partial charge >= 0.3 is 0 Å². The van der Waals surface area contributed by atoms with Crippen molar-refractivity contribution in [3.63, 3.8) is 0 Å². The Bertz CT molecular complexity index is 543. The van der Waals surface area contributed by atoms with Gasteiger partial charge in [0.25, 0.3) is 0 Å². The van der Waals surface area contributed by atoms with Crippen LogP contribution in [0.5, 0.6) is 5.88 Å². The van der Waals surface area contributed by atoms with Crippen LogP contribution in [-0.4, -0.2) is 16.6 Å². The number of nitrogens with zero attached hydrogens (tertiary/aromatic N) is 2. The predicted molar refractivity (Wildman–Crippen MR) is 81.4 cm³/mol. The van der Waals surface area contributed by atoms with Crippen LogP contribution in [0.25, 0.3) is 11.4 Å². The Labute approximate surface area is 120 Å². The molecule has 106 valence electrons. The zero-order valence-corrected chi connectivity index (χ0v) is 12.0. The molecule has 1 heterocycles. The largest absolute Gasteiger partial charge is 0.477 e. The van der Waals surface area contributed by atoms with E-state index in [1.54, 1.807) is 6.07 Å². The van der Waals surface area contributed by atoms with Crippen LogP contribution in [0.15, 0.2) is 36.4 Å². The lowest BCUT2D eigenvalue weighted by molar-refractivity contribution is 0.243. The summed E-state index contributed by atoms with van der Waals surface area (Å²) in [4.78, 5) is 8.68. The minimum atomic E-state index is 0.428. The van der Waals surface area contributed by atoms with Crippen molar-refractivity contribution >= 4 is 5.82 Å². The molecule has 4 nitrogen and oxygen atoms in total. The maximum atomic E-state index is 5.83. The van der Waals surface area contributed by atoms with Gasteiger partial charge in [0.15, 0.2) is 5.82 Å². The number of hydrogen-bond donors (Lipinski definition) is 1. The molecule has 0 radical (unpaired) electrons. The lowest BCUT2D eigenvalue weighted by Gasteiger charge is -2.12. The van der Waals surface area contributed by atoms with Crippen molar-refractivity contribution in [1.82, 2.24) is 9.97 Å². The highest BCUT2D eigenvalue weighted by Gasteiger charge is 2.08. The highest BCUT2D eigenvalue weighted by atomic mass is 16.5. The van der Waals surface area contributed by atoms with E-state index < -0.39 is 0 Å². The van der Waals surface area contributed by atoms with E-state index in [1.807, 2.05) is 30.3 Å². The number of aromatic nitrogens is 2. The van der Waals surface area contributed by atoms with Gasteiger partial charge in [-0.2, -0.15) is 4.98 Å². The molecule has 0 bridgehead atoms. The molecule has 1 atom stereocenters. The molecular formula is C16H21N3O. The third-order valence-corrected chi connectivity index (χ3v) is 3.05. The number of ether oxygens (including phenoxy) is 1. The number of anilines is 1. The van der Waals surface area contributed by atoms with Crippen LogP contribution in [0.4, 0.5) is 5.82 Å². The highest BCUT2D eigenvalue weighted by molar-refractivity contribution is 5.57. The lowest BCUT2D eigenvalue weighted by atomic mass is 10.1. The fourth-order valence-corrected chi connectivity index (χ4v) is 2.04. The number of nitrogen functional groups attached to an aromatic ring is 1. The van der Waals surface area contributed by atoms with Gasteiger partial charge in [-0.1, -0.05) is 50.6 Å². The van der Waals surface area contributed by atoms with E-state index in [1.165, 1.54) is 0 Å². The molecule has 4 heteroatoms. The van der Waals surface area contributed by atoms with Gasteiger partial charge in [-0.05, 0) is 12.3 Å². The van der Waals surface area contributed by atoms with E-state index >= 15 is 0 Å². The summed E-state index contributed by atoms with van der Waals surface area (Å²) >= 11 is 0. The molecule has 0 fully saturated rings. The van der Waals surface area contributed by atoms with E-state index in [2.05, 4.69) is 23.8 Å². The Balaban J connectivity index is 2.13. The first-order valence-corrected chi connectivity index (χ1v) is 7.01. The van der Waals surface area contributed by atoms with Crippen LogP contribution < -0.4 is 10.5 Å². The molecule has 2 rings (SSSR count). The van der Waals surface area contributed by atoms with E-state index in [4.69, 9.17) is 10.5 Å². The first kappa shape index (κ1) is 14.3. The fraction of sp³-hybridized carbons (Fsp3) is 0.375. The number of benzene rings is 1. The van der Waals surface area contributed by atoms with E-state index in [0.717, 1.165) is 18.4 Å². The molecule has 0 saturated heterocycles. The van der Waals surface area contributed by atoms with Crippen molar-refractivity contribution < 1.29 is 4.74 Å². The smallest absolute Gasteiger partial charge is 0.219 e. The first-order chi connectivity index (χ1) is 9.69. The van der Waals surface area contributed by atoms with Crippen molar-refractivity contribution in [2.45, 2.75) is 26.7 Å². The van der Waals surface area contributed by atoms with Gasteiger partial charge in [-0.25, -0.2) is 4.98 Å². The molecule has 0 saturated carbocycles. The lowest BCUT2D eigenvalue weighted by Crippen LogP contribution is -2.10. The fourth-order valence-electron chi connectivity index (χ4n) is 2.04. The molecule has 1 aromatic carbocycles. The maximum Gasteiger partial charge on any atom is 0.219 e. The maximum absolute atomic E-state index is 5.83. The Morgan fingerprint density at radius 1 is 1.20 bits per heavy atom. The Kier molecular flexibility index (Phi) is 4.93. The van der Waals surface area contributed by atoms with Crippen molar-refractivity contribution in [2.24, 2.45) is 5.92 Å². The summed E-state index contributed by atoms with van der Waals surface area (Å²) in [7, 11) is 0. The quantitative estimate of drug-likeness (QED) is 0.873. The van der Waals surface area contributed by atoms with Gasteiger partial charge in [0.2, 0.25) is 5.88 Å². The normalized spacial score (nSPS) is 12.1. The van der Waals surface area contributed by atoms with Crippen molar-refractivity contribution in [3.05, 3.63) is 36.4 Å². The first-order valence-electron chi connectivity index (χ1n) is 7.01. The van der Waals surface area contributed by atoms with Gasteiger partial charge < -0.3 is 10.5 Å². The third kappa shape index (κ3) is 3.95. The number of nitrogens with two attached hydrogens (primary N) is 1. The molecule has 0 aliphatic heterocycles. The van der Waals surface area contributed by atoms with E-state index in [9.17, 15) is 0 Å². The summed E-state index contributed by atoms with van der Waals surface area (Å²) in [5.74, 6) is 2.08. The predicted octanol–water partition coefficient (Wildman–Crippen LogP) is 3.54. The van der Waals surface area contributed by atoms with Gasteiger partial charge in [-0.15, -0.1) is 0 Å². The molecule has 0 amide bonds. The van der Waals surface area contributed by atoms with Crippen molar-refractivity contribution in [2.75, 3.05) is 12.3 Å². The standard InChI is InChI=1S/C16H21N3O/c1-3-7-12(2)11-20-15-10-14(17)18-16(19-15)13-8-5-4-6-9-13/h4-6,8-10,12H,3,7,11H2,1-2H3,(H2,17,18,19). The number of hydrogen-bond acceptors (Lipinski definition) is 4. The van der Waals surface area contributed by atoms with Crippen LogP contribution in [-0.2, 0) is 0 Å². The van der Waals surface area contributed by atoms with Gasteiger partial charge in [-0.3, -0.25) is 0 Å². The molecule has 1 aromatic heterocycles. The van der Waals surface area contributed by atoms with E-state index in [-0.39, 0.29) is 0 Å². The summed E-state index contributed by atoms with van der Waals surface area (Å²) in [6.07, 6.45) is 2.30. The highest BCUT2D eigenvalue weighted by Crippen LogP contribution is 2.20. The average Bonchev–Trinajstić information content (AvgIpc) is 2.46. The SMILES string of the molecule is CCCC(C)COc1cc(N)nc(-c2ccccc2)n1. The summed E-state index contributed by atoms with van der Waals surface area (Å²) in [6.45, 7) is 5.00. The second-order valence-corrected chi connectivity index (χ2v) is 5.03. The molecular weight excluding hydrogens is 250 g/mol. The average molecular weight is 271 g/mol. The van der Waals surface area contributed by atoms with Gasteiger partial charge in [0.1, 0.15) is 5.82 Å². The molecule has 0 spiro atoms. The van der Waals surface area contributed by atoms with Crippen LogP contribution in [0, 0.1) is 5.92 Å². The summed E-state index contributed by atoms with van der Waals surface area (Å²) in [6, 6.07) is 11.4.